The average Bonchev–Trinajstić information content (AvgIpc) is 2.28. The van der Waals surface area contributed by atoms with Crippen LogP contribution in [0.4, 0.5) is 0 Å². The van der Waals surface area contributed by atoms with Crippen LogP contribution in [0, 0.1) is 10.8 Å². The van der Waals surface area contributed by atoms with Crippen LogP contribution in [-0.4, -0.2) is 11.6 Å². The van der Waals surface area contributed by atoms with Crippen molar-refractivity contribution in [3.8, 4) is 0 Å². The summed E-state index contributed by atoms with van der Waals surface area (Å²) in [7, 11) is 0. The summed E-state index contributed by atoms with van der Waals surface area (Å²) >= 11 is 0. The topological polar surface area (TPSA) is 26.3 Å². The lowest BCUT2D eigenvalue weighted by Crippen LogP contribution is -2.52. The second-order valence-corrected chi connectivity index (χ2v) is 6.30. The van der Waals surface area contributed by atoms with E-state index >= 15 is 0 Å². The number of esters is 1. The number of cyclic esters (lactones) is 1. The van der Waals surface area contributed by atoms with Crippen LogP contribution < -0.4 is 0 Å². The molecular weight excluding hydrogens is 188 g/mol. The Balaban J connectivity index is 0.00000196. The largest absolute Gasteiger partial charge is 0.458 e. The van der Waals surface area contributed by atoms with Gasteiger partial charge in [0.15, 0.2) is 0 Å². The molecule has 0 spiro atoms. The molecular formula is C13H26O2. The maximum atomic E-state index is 11.3. The molecule has 2 nitrogen and oxygen atoms in total. The lowest BCUT2D eigenvalue weighted by molar-refractivity contribution is -0.177. The molecule has 0 unspecified atom stereocenters. The van der Waals surface area contributed by atoms with E-state index in [1.54, 1.807) is 0 Å². The Morgan fingerprint density at radius 2 is 1.47 bits per heavy atom. The minimum atomic E-state index is -0.308. The van der Waals surface area contributed by atoms with Crippen LogP contribution >= 0.6 is 0 Å². The van der Waals surface area contributed by atoms with Gasteiger partial charge in [0.05, 0.1) is 0 Å². The van der Waals surface area contributed by atoms with Crippen molar-refractivity contribution in [1.82, 2.24) is 0 Å². The van der Waals surface area contributed by atoms with Gasteiger partial charge in [0.2, 0.25) is 0 Å². The molecule has 0 aromatic heterocycles. The van der Waals surface area contributed by atoms with Crippen LogP contribution in [0.15, 0.2) is 0 Å². The van der Waals surface area contributed by atoms with Crippen molar-refractivity contribution in [1.29, 1.82) is 0 Å². The van der Waals surface area contributed by atoms with Crippen molar-refractivity contribution in [3.05, 3.63) is 0 Å². The van der Waals surface area contributed by atoms with Gasteiger partial charge < -0.3 is 4.74 Å². The van der Waals surface area contributed by atoms with E-state index < -0.39 is 0 Å². The summed E-state index contributed by atoms with van der Waals surface area (Å²) < 4.78 is 5.64. The molecule has 90 valence electrons. The molecule has 0 aromatic carbocycles. The fraction of sp³-hybridized carbons (Fsp3) is 0.923. The standard InChI is InChI=1S/C12H22O2.CH4/c1-10(2,3)12(11(4,5)6)8-7-9(13)14-12;/h7-8H2,1-6H3;1H4. The molecule has 1 saturated heterocycles. The second-order valence-electron chi connectivity index (χ2n) is 6.30. The molecule has 0 radical (unpaired) electrons. The highest BCUT2D eigenvalue weighted by Crippen LogP contribution is 2.52. The molecule has 2 heteroatoms. The van der Waals surface area contributed by atoms with Crippen LogP contribution in [0.1, 0.15) is 61.8 Å². The number of ether oxygens (including phenoxy) is 1. The molecule has 1 heterocycles. The number of carbonyl (C=O) groups is 1. The summed E-state index contributed by atoms with van der Waals surface area (Å²) in [5, 5.41) is 0. The normalized spacial score (nSPS) is 20.8. The first-order valence-corrected chi connectivity index (χ1v) is 5.32. The average molecular weight is 214 g/mol. The molecule has 1 rings (SSSR count). The molecule has 0 aromatic rings. The predicted octanol–water partition coefficient (Wildman–Crippen LogP) is 3.79. The Kier molecular flexibility index (Phi) is 3.67. The molecule has 0 amide bonds. The van der Waals surface area contributed by atoms with Crippen molar-refractivity contribution in [2.45, 2.75) is 67.4 Å². The summed E-state index contributed by atoms with van der Waals surface area (Å²) in [6, 6.07) is 0. The highest BCUT2D eigenvalue weighted by atomic mass is 16.6. The first kappa shape index (κ1) is 14.5. The van der Waals surface area contributed by atoms with Gasteiger partial charge in [-0.05, 0) is 6.42 Å². The zero-order valence-corrected chi connectivity index (χ0v) is 10.2. The third-order valence-electron chi connectivity index (χ3n) is 3.39. The van der Waals surface area contributed by atoms with Gasteiger partial charge in [-0.3, -0.25) is 4.79 Å². The molecule has 0 atom stereocenters. The lowest BCUT2D eigenvalue weighted by Gasteiger charge is -2.49. The van der Waals surface area contributed by atoms with Crippen molar-refractivity contribution in [2.75, 3.05) is 0 Å². The van der Waals surface area contributed by atoms with Gasteiger partial charge in [-0.1, -0.05) is 49.0 Å². The van der Waals surface area contributed by atoms with Gasteiger partial charge >= 0.3 is 5.97 Å². The van der Waals surface area contributed by atoms with Gasteiger partial charge in [-0.25, -0.2) is 0 Å². The smallest absolute Gasteiger partial charge is 0.306 e. The molecule has 1 aliphatic rings. The first-order valence-electron chi connectivity index (χ1n) is 5.32. The van der Waals surface area contributed by atoms with Crippen LogP contribution in [0.25, 0.3) is 0 Å². The zero-order chi connectivity index (χ0) is 11.2. The summed E-state index contributed by atoms with van der Waals surface area (Å²) in [6.45, 7) is 12.9. The van der Waals surface area contributed by atoms with Crippen LogP contribution in [0.2, 0.25) is 0 Å². The van der Waals surface area contributed by atoms with Crippen LogP contribution in [-0.2, 0) is 9.53 Å². The van der Waals surface area contributed by atoms with Crippen molar-refractivity contribution in [3.63, 3.8) is 0 Å². The maximum Gasteiger partial charge on any atom is 0.306 e. The summed E-state index contributed by atoms with van der Waals surface area (Å²) in [5.74, 6) is -0.0464. The number of rotatable bonds is 0. The van der Waals surface area contributed by atoms with Crippen molar-refractivity contribution >= 4 is 5.97 Å². The highest BCUT2D eigenvalue weighted by Gasteiger charge is 2.56. The van der Waals surface area contributed by atoms with E-state index in [9.17, 15) is 4.79 Å². The third kappa shape index (κ3) is 2.19. The van der Waals surface area contributed by atoms with E-state index in [0.717, 1.165) is 6.42 Å². The highest BCUT2D eigenvalue weighted by molar-refractivity contribution is 5.72. The summed E-state index contributed by atoms with van der Waals surface area (Å²) in [6.07, 6.45) is 1.41. The minimum Gasteiger partial charge on any atom is -0.458 e. The Hall–Kier alpha value is -0.530. The van der Waals surface area contributed by atoms with E-state index in [0.29, 0.717) is 6.42 Å². The van der Waals surface area contributed by atoms with Gasteiger partial charge in [-0.15, -0.1) is 0 Å². The van der Waals surface area contributed by atoms with Gasteiger partial charge in [-0.2, -0.15) is 0 Å². The quantitative estimate of drug-likeness (QED) is 0.573. The molecule has 15 heavy (non-hydrogen) atoms. The Morgan fingerprint density at radius 3 is 1.60 bits per heavy atom. The molecule has 0 aliphatic carbocycles. The molecule has 1 aliphatic heterocycles. The summed E-state index contributed by atoms with van der Waals surface area (Å²) in [4.78, 5) is 11.3. The number of hydrogen-bond donors (Lipinski definition) is 0. The van der Waals surface area contributed by atoms with E-state index in [1.165, 1.54) is 0 Å². The van der Waals surface area contributed by atoms with Crippen LogP contribution in [0.5, 0.6) is 0 Å². The monoisotopic (exact) mass is 214 g/mol. The summed E-state index contributed by atoms with van der Waals surface area (Å²) in [5.41, 5.74) is -0.314. The SMILES string of the molecule is C.CC(C)(C)C1(C(C)(C)C)CCC(=O)O1. The number of hydrogen-bond acceptors (Lipinski definition) is 2. The molecule has 0 bridgehead atoms. The van der Waals surface area contributed by atoms with E-state index in [4.69, 9.17) is 4.74 Å². The van der Waals surface area contributed by atoms with E-state index in [2.05, 4.69) is 41.5 Å². The fourth-order valence-corrected chi connectivity index (χ4v) is 2.76. The van der Waals surface area contributed by atoms with Crippen LogP contribution in [0.3, 0.4) is 0 Å². The van der Waals surface area contributed by atoms with Gasteiger partial charge in [0, 0.05) is 17.3 Å². The molecule has 0 N–H and O–H groups in total. The number of carbonyl (C=O) groups excluding carboxylic acids is 1. The Labute approximate surface area is 94.4 Å². The fourth-order valence-electron chi connectivity index (χ4n) is 2.76. The Morgan fingerprint density at radius 1 is 1.07 bits per heavy atom. The Bertz CT molecular complexity index is 226. The van der Waals surface area contributed by atoms with E-state index in [1.807, 2.05) is 0 Å². The second kappa shape index (κ2) is 3.80. The maximum absolute atomic E-state index is 11.3. The van der Waals surface area contributed by atoms with Crippen molar-refractivity contribution < 1.29 is 9.53 Å². The lowest BCUT2D eigenvalue weighted by atomic mass is 9.61. The zero-order valence-electron chi connectivity index (χ0n) is 10.2. The van der Waals surface area contributed by atoms with E-state index in [-0.39, 0.29) is 29.8 Å². The minimum absolute atomic E-state index is 0. The van der Waals surface area contributed by atoms with Crippen molar-refractivity contribution in [2.24, 2.45) is 10.8 Å². The predicted molar refractivity (Wildman–Crippen MR) is 63.7 cm³/mol. The third-order valence-corrected chi connectivity index (χ3v) is 3.39. The van der Waals surface area contributed by atoms with Gasteiger partial charge in [0.25, 0.3) is 0 Å². The first-order chi connectivity index (χ1) is 6.10. The molecule has 1 fully saturated rings. The van der Waals surface area contributed by atoms with Gasteiger partial charge in [0.1, 0.15) is 5.60 Å². The molecule has 0 saturated carbocycles.